The molecule has 0 aliphatic carbocycles. The van der Waals surface area contributed by atoms with Crippen LogP contribution in [0.5, 0.6) is 11.5 Å². The second-order valence-electron chi connectivity index (χ2n) is 4.98. The molecule has 1 aliphatic rings. The quantitative estimate of drug-likeness (QED) is 0.694. The maximum atomic E-state index is 5.91. The first-order chi connectivity index (χ1) is 8.09. The summed E-state index contributed by atoms with van der Waals surface area (Å²) >= 11 is 0. The molecule has 0 saturated carbocycles. The molecular weight excluding hydrogens is 210 g/mol. The van der Waals surface area contributed by atoms with Crippen molar-refractivity contribution in [2.24, 2.45) is 0 Å². The molecule has 0 amide bonds. The molecule has 3 rings (SSSR count). The van der Waals surface area contributed by atoms with Gasteiger partial charge in [0.2, 0.25) is 0 Å². The van der Waals surface area contributed by atoms with Gasteiger partial charge in [0.25, 0.3) is 0 Å². The number of rotatable bonds is 0. The highest BCUT2D eigenvalue weighted by Crippen LogP contribution is 2.47. The summed E-state index contributed by atoms with van der Waals surface area (Å²) in [4.78, 5) is 0. The third kappa shape index (κ3) is 1.41. The SMILES string of the molecule is CC1(C)c2ccccc2Oc2cc(N)ccc21. The van der Waals surface area contributed by atoms with E-state index in [-0.39, 0.29) is 5.41 Å². The fraction of sp³-hybridized carbons (Fsp3) is 0.200. The van der Waals surface area contributed by atoms with Crippen molar-refractivity contribution in [1.29, 1.82) is 0 Å². The Morgan fingerprint density at radius 1 is 0.941 bits per heavy atom. The summed E-state index contributed by atoms with van der Waals surface area (Å²) in [6.07, 6.45) is 0. The van der Waals surface area contributed by atoms with Crippen LogP contribution in [0.3, 0.4) is 0 Å². The molecule has 0 fully saturated rings. The Morgan fingerprint density at radius 3 is 2.47 bits per heavy atom. The number of nitrogens with two attached hydrogens (primary N) is 1. The first-order valence-electron chi connectivity index (χ1n) is 5.76. The van der Waals surface area contributed by atoms with Gasteiger partial charge >= 0.3 is 0 Å². The van der Waals surface area contributed by atoms with Crippen molar-refractivity contribution in [3.63, 3.8) is 0 Å². The Morgan fingerprint density at radius 2 is 1.65 bits per heavy atom. The molecule has 1 heterocycles. The van der Waals surface area contributed by atoms with Gasteiger partial charge in [-0.25, -0.2) is 0 Å². The van der Waals surface area contributed by atoms with E-state index in [2.05, 4.69) is 26.0 Å². The summed E-state index contributed by atoms with van der Waals surface area (Å²) in [6.45, 7) is 4.42. The molecule has 2 N–H and O–H groups in total. The number of benzene rings is 2. The van der Waals surface area contributed by atoms with Crippen molar-refractivity contribution in [1.82, 2.24) is 0 Å². The molecule has 2 aromatic rings. The molecule has 17 heavy (non-hydrogen) atoms. The van der Waals surface area contributed by atoms with Gasteiger partial charge in [0.05, 0.1) is 0 Å². The van der Waals surface area contributed by atoms with E-state index in [1.54, 1.807) is 0 Å². The summed E-state index contributed by atoms with van der Waals surface area (Å²) in [6, 6.07) is 14.0. The fourth-order valence-electron chi connectivity index (χ4n) is 2.48. The lowest BCUT2D eigenvalue weighted by molar-refractivity contribution is 0.418. The van der Waals surface area contributed by atoms with Crippen molar-refractivity contribution < 1.29 is 4.74 Å². The third-order valence-corrected chi connectivity index (χ3v) is 3.46. The number of hydrogen-bond donors (Lipinski definition) is 1. The van der Waals surface area contributed by atoms with E-state index in [1.807, 2.05) is 30.3 Å². The number of anilines is 1. The van der Waals surface area contributed by atoms with Gasteiger partial charge in [0.15, 0.2) is 0 Å². The highest BCUT2D eigenvalue weighted by Gasteiger charge is 2.33. The summed E-state index contributed by atoms with van der Waals surface area (Å²) in [7, 11) is 0. The Hall–Kier alpha value is -1.96. The number of hydrogen-bond acceptors (Lipinski definition) is 2. The van der Waals surface area contributed by atoms with Crippen LogP contribution in [-0.4, -0.2) is 0 Å². The van der Waals surface area contributed by atoms with Crippen LogP contribution >= 0.6 is 0 Å². The number of para-hydroxylation sites is 1. The van der Waals surface area contributed by atoms with Crippen LogP contribution < -0.4 is 10.5 Å². The topological polar surface area (TPSA) is 35.2 Å². The standard InChI is InChI=1S/C15H15NO/c1-15(2)11-5-3-4-6-13(11)17-14-9-10(16)7-8-12(14)15/h3-9H,16H2,1-2H3. The zero-order valence-electron chi connectivity index (χ0n) is 10.0. The van der Waals surface area contributed by atoms with Crippen molar-refractivity contribution in [2.45, 2.75) is 19.3 Å². The molecule has 0 atom stereocenters. The van der Waals surface area contributed by atoms with Gasteiger partial charge in [-0.2, -0.15) is 0 Å². The van der Waals surface area contributed by atoms with Crippen molar-refractivity contribution in [3.05, 3.63) is 53.6 Å². The molecule has 86 valence electrons. The predicted molar refractivity (Wildman–Crippen MR) is 69.5 cm³/mol. The molecule has 2 heteroatoms. The van der Waals surface area contributed by atoms with Crippen molar-refractivity contribution >= 4 is 5.69 Å². The van der Waals surface area contributed by atoms with Gasteiger partial charge in [0.1, 0.15) is 11.5 Å². The van der Waals surface area contributed by atoms with Gasteiger partial charge in [-0.05, 0) is 12.1 Å². The van der Waals surface area contributed by atoms with Crippen LogP contribution in [0.2, 0.25) is 0 Å². The largest absolute Gasteiger partial charge is 0.457 e. The van der Waals surface area contributed by atoms with E-state index >= 15 is 0 Å². The van der Waals surface area contributed by atoms with E-state index in [0.717, 1.165) is 17.2 Å². The van der Waals surface area contributed by atoms with Gasteiger partial charge < -0.3 is 10.5 Å². The first kappa shape index (κ1) is 10.2. The first-order valence-corrected chi connectivity index (χ1v) is 5.76. The lowest BCUT2D eigenvalue weighted by Gasteiger charge is -2.34. The highest BCUT2D eigenvalue weighted by molar-refractivity contribution is 5.60. The van der Waals surface area contributed by atoms with Crippen LogP contribution in [0, 0.1) is 0 Å². The normalized spacial score (nSPS) is 15.6. The van der Waals surface area contributed by atoms with Crippen LogP contribution in [0.1, 0.15) is 25.0 Å². The van der Waals surface area contributed by atoms with E-state index < -0.39 is 0 Å². The molecule has 0 unspecified atom stereocenters. The summed E-state index contributed by atoms with van der Waals surface area (Å²) in [5, 5.41) is 0. The Balaban J connectivity index is 2.26. The molecule has 0 saturated heterocycles. The lowest BCUT2D eigenvalue weighted by atomic mass is 9.76. The number of fused-ring (bicyclic) bond motifs is 2. The summed E-state index contributed by atoms with van der Waals surface area (Å²) < 4.78 is 5.91. The predicted octanol–water partition coefficient (Wildman–Crippen LogP) is 3.70. The summed E-state index contributed by atoms with van der Waals surface area (Å²) in [5.41, 5.74) is 8.91. The second kappa shape index (κ2) is 3.27. The molecule has 0 aromatic heterocycles. The fourth-order valence-corrected chi connectivity index (χ4v) is 2.48. The molecule has 0 radical (unpaired) electrons. The Labute approximate surface area is 101 Å². The van der Waals surface area contributed by atoms with Gasteiger partial charge in [-0.3, -0.25) is 0 Å². The monoisotopic (exact) mass is 225 g/mol. The highest BCUT2D eigenvalue weighted by atomic mass is 16.5. The molecule has 2 nitrogen and oxygen atoms in total. The van der Waals surface area contributed by atoms with Crippen LogP contribution in [0.25, 0.3) is 0 Å². The number of ether oxygens (including phenoxy) is 1. The average molecular weight is 225 g/mol. The van der Waals surface area contributed by atoms with E-state index in [0.29, 0.717) is 0 Å². The van der Waals surface area contributed by atoms with E-state index in [9.17, 15) is 0 Å². The van der Waals surface area contributed by atoms with E-state index in [4.69, 9.17) is 10.5 Å². The van der Waals surface area contributed by atoms with Gasteiger partial charge in [-0.15, -0.1) is 0 Å². The van der Waals surface area contributed by atoms with Crippen molar-refractivity contribution in [2.75, 3.05) is 5.73 Å². The maximum Gasteiger partial charge on any atom is 0.133 e. The lowest BCUT2D eigenvalue weighted by Crippen LogP contribution is -2.24. The third-order valence-electron chi connectivity index (χ3n) is 3.46. The molecular formula is C15H15NO. The molecule has 0 spiro atoms. The minimum absolute atomic E-state index is 0.0438. The molecule has 0 bridgehead atoms. The molecule has 2 aromatic carbocycles. The average Bonchev–Trinajstić information content (AvgIpc) is 2.28. The minimum Gasteiger partial charge on any atom is -0.457 e. The second-order valence-corrected chi connectivity index (χ2v) is 4.98. The van der Waals surface area contributed by atoms with Crippen LogP contribution in [0.4, 0.5) is 5.69 Å². The maximum absolute atomic E-state index is 5.91. The Bertz CT molecular complexity index is 587. The summed E-state index contributed by atoms with van der Waals surface area (Å²) in [5.74, 6) is 1.80. The van der Waals surface area contributed by atoms with Gasteiger partial charge in [0, 0.05) is 28.3 Å². The van der Waals surface area contributed by atoms with Crippen LogP contribution in [-0.2, 0) is 5.41 Å². The Kier molecular flexibility index (Phi) is 1.96. The van der Waals surface area contributed by atoms with Gasteiger partial charge in [-0.1, -0.05) is 38.1 Å². The van der Waals surface area contributed by atoms with E-state index in [1.165, 1.54) is 11.1 Å². The van der Waals surface area contributed by atoms with Crippen molar-refractivity contribution in [3.8, 4) is 11.5 Å². The van der Waals surface area contributed by atoms with Crippen LogP contribution in [0.15, 0.2) is 42.5 Å². The zero-order valence-corrected chi connectivity index (χ0v) is 10.0. The zero-order chi connectivity index (χ0) is 12.0. The number of nitrogen functional groups attached to an aromatic ring is 1. The smallest absolute Gasteiger partial charge is 0.133 e. The minimum atomic E-state index is -0.0438. The molecule has 1 aliphatic heterocycles.